The molecule has 2 atom stereocenters. The Kier molecular flexibility index (Phi) is 5.21. The third kappa shape index (κ3) is 3.94. The molecule has 1 saturated heterocycles. The highest BCUT2D eigenvalue weighted by atomic mass is 32.2. The minimum Gasteiger partial charge on any atom is -0.470 e. The quantitative estimate of drug-likeness (QED) is 0.626. The Morgan fingerprint density at radius 3 is 2.68 bits per heavy atom. The maximum absolute atomic E-state index is 13.6. The van der Waals surface area contributed by atoms with E-state index in [1.165, 1.54) is 11.1 Å². The molecular formula is C23H24N4O3S. The van der Waals surface area contributed by atoms with Gasteiger partial charge in [-0.3, -0.25) is 9.88 Å². The number of hydrogen-bond donors (Lipinski definition) is 0. The van der Waals surface area contributed by atoms with Crippen LogP contribution >= 0.6 is 0 Å². The van der Waals surface area contributed by atoms with Crippen molar-refractivity contribution in [3.8, 4) is 5.88 Å². The number of ether oxygens (including phenoxy) is 1. The molecule has 0 amide bonds. The van der Waals surface area contributed by atoms with E-state index in [0.29, 0.717) is 18.8 Å². The molecule has 0 N–H and O–H groups in total. The van der Waals surface area contributed by atoms with Crippen molar-refractivity contribution in [2.45, 2.75) is 37.1 Å². The predicted octanol–water partition coefficient (Wildman–Crippen LogP) is 2.62. The van der Waals surface area contributed by atoms with Gasteiger partial charge in [0.05, 0.1) is 18.3 Å². The molecule has 7 nitrogen and oxygen atoms in total. The Labute approximate surface area is 182 Å². The molecule has 2 aromatic heterocycles. The average Bonchev–Trinajstić information content (AvgIpc) is 3.11. The lowest BCUT2D eigenvalue weighted by molar-refractivity contribution is 0.143. The van der Waals surface area contributed by atoms with Gasteiger partial charge in [0.1, 0.15) is 11.0 Å². The summed E-state index contributed by atoms with van der Waals surface area (Å²) in [5.74, 6) is 0.179. The molecule has 0 spiro atoms. The lowest BCUT2D eigenvalue weighted by Gasteiger charge is -2.27. The molecule has 3 aromatic rings. The molecular weight excluding hydrogens is 412 g/mol. The van der Waals surface area contributed by atoms with Crippen molar-refractivity contribution in [3.05, 3.63) is 83.8 Å². The molecule has 0 bridgehead atoms. The maximum Gasteiger partial charge on any atom is 0.249 e. The molecule has 0 aliphatic carbocycles. The summed E-state index contributed by atoms with van der Waals surface area (Å²) in [7, 11) is -3.80. The molecule has 2 aliphatic rings. The molecule has 0 saturated carbocycles. The number of aryl methyl sites for hydroxylation is 1. The van der Waals surface area contributed by atoms with E-state index in [-0.39, 0.29) is 29.5 Å². The number of hydrogen-bond acceptors (Lipinski definition) is 6. The summed E-state index contributed by atoms with van der Waals surface area (Å²) in [4.78, 5) is 11.0. The Hall–Kier alpha value is -2.81. The first-order valence-corrected chi connectivity index (χ1v) is 11.8. The number of sulfonamides is 1. The summed E-state index contributed by atoms with van der Waals surface area (Å²) in [5, 5.41) is 0. The van der Waals surface area contributed by atoms with Crippen LogP contribution in [0.1, 0.15) is 16.8 Å². The summed E-state index contributed by atoms with van der Waals surface area (Å²) in [6.45, 7) is 4.22. The molecule has 1 aromatic carbocycles. The number of rotatable bonds is 4. The Balaban J connectivity index is 1.50. The maximum atomic E-state index is 13.6. The molecule has 2 unspecified atom stereocenters. The summed E-state index contributed by atoms with van der Waals surface area (Å²) in [5.41, 5.74) is 3.11. The first kappa shape index (κ1) is 20.1. The van der Waals surface area contributed by atoms with E-state index in [1.54, 1.807) is 28.8 Å². The Bertz CT molecular complexity index is 1190. The van der Waals surface area contributed by atoms with Crippen molar-refractivity contribution >= 4 is 10.0 Å². The minimum absolute atomic E-state index is 0.116. The van der Waals surface area contributed by atoms with Crippen LogP contribution in [-0.4, -0.2) is 52.8 Å². The first-order chi connectivity index (χ1) is 15.0. The van der Waals surface area contributed by atoms with Crippen molar-refractivity contribution in [1.82, 2.24) is 19.2 Å². The van der Waals surface area contributed by atoms with Crippen LogP contribution in [0.25, 0.3) is 0 Å². The van der Waals surface area contributed by atoms with E-state index in [9.17, 15) is 8.42 Å². The second-order valence-corrected chi connectivity index (χ2v) is 9.94. The van der Waals surface area contributed by atoms with Gasteiger partial charge >= 0.3 is 0 Å². The van der Waals surface area contributed by atoms with Crippen LogP contribution in [0, 0.1) is 6.92 Å². The van der Waals surface area contributed by atoms with Gasteiger partial charge < -0.3 is 4.74 Å². The predicted molar refractivity (Wildman–Crippen MR) is 116 cm³/mol. The molecule has 2 aliphatic heterocycles. The van der Waals surface area contributed by atoms with Crippen molar-refractivity contribution in [2.24, 2.45) is 0 Å². The number of fused-ring (bicyclic) bond motifs is 2. The SMILES string of the molecule is Cc1cccc(CN2CC3Oc4ncccc4S(=O)(=O)N(Cc4ccccn4)C3C2)c1. The summed E-state index contributed by atoms with van der Waals surface area (Å²) < 4.78 is 35.0. The molecule has 31 heavy (non-hydrogen) atoms. The minimum atomic E-state index is -3.80. The summed E-state index contributed by atoms with van der Waals surface area (Å²) in [6.07, 6.45) is 2.94. The number of aromatic nitrogens is 2. The molecule has 8 heteroatoms. The normalized spacial score (nSPS) is 22.9. The van der Waals surface area contributed by atoms with E-state index < -0.39 is 10.0 Å². The van der Waals surface area contributed by atoms with Crippen molar-refractivity contribution in [1.29, 1.82) is 0 Å². The van der Waals surface area contributed by atoms with E-state index in [4.69, 9.17) is 4.74 Å². The van der Waals surface area contributed by atoms with Crippen molar-refractivity contribution < 1.29 is 13.2 Å². The fourth-order valence-electron chi connectivity index (χ4n) is 4.39. The number of pyridine rings is 2. The molecule has 0 radical (unpaired) electrons. The van der Waals surface area contributed by atoms with Gasteiger partial charge in [-0.25, -0.2) is 13.4 Å². The molecule has 5 rings (SSSR count). The lowest BCUT2D eigenvalue weighted by atomic mass is 10.1. The second-order valence-electron chi connectivity index (χ2n) is 8.08. The zero-order valence-electron chi connectivity index (χ0n) is 17.3. The Morgan fingerprint density at radius 1 is 1.00 bits per heavy atom. The van der Waals surface area contributed by atoms with Crippen LogP contribution in [0.15, 0.2) is 71.9 Å². The van der Waals surface area contributed by atoms with Crippen LogP contribution in [0.4, 0.5) is 0 Å². The topological polar surface area (TPSA) is 75.6 Å². The van der Waals surface area contributed by atoms with Crippen LogP contribution < -0.4 is 4.74 Å². The van der Waals surface area contributed by atoms with E-state index in [0.717, 1.165) is 6.54 Å². The zero-order valence-corrected chi connectivity index (χ0v) is 18.1. The standard InChI is InChI=1S/C23H24N4O3S/c1-17-6-4-7-18(12-17)13-26-15-20-21(16-26)30-23-22(9-5-11-25-23)31(28,29)27(20)14-19-8-2-3-10-24-19/h2-12,20-21H,13-16H2,1H3. The highest BCUT2D eigenvalue weighted by Gasteiger charge is 2.47. The van der Waals surface area contributed by atoms with E-state index in [2.05, 4.69) is 40.0 Å². The van der Waals surface area contributed by atoms with Crippen molar-refractivity contribution in [2.75, 3.05) is 13.1 Å². The van der Waals surface area contributed by atoms with Gasteiger partial charge in [0.15, 0.2) is 0 Å². The third-order valence-electron chi connectivity index (χ3n) is 5.80. The zero-order chi connectivity index (χ0) is 21.4. The molecule has 1 fully saturated rings. The van der Waals surface area contributed by atoms with E-state index >= 15 is 0 Å². The summed E-state index contributed by atoms with van der Waals surface area (Å²) in [6, 6.07) is 16.8. The fourth-order valence-corrected chi connectivity index (χ4v) is 6.07. The van der Waals surface area contributed by atoms with Crippen LogP contribution in [-0.2, 0) is 23.1 Å². The van der Waals surface area contributed by atoms with E-state index in [1.807, 2.05) is 24.3 Å². The van der Waals surface area contributed by atoms with Gasteiger partial charge in [-0.05, 0) is 36.8 Å². The third-order valence-corrected chi connectivity index (χ3v) is 7.68. The largest absolute Gasteiger partial charge is 0.470 e. The van der Waals surface area contributed by atoms with Crippen LogP contribution in [0.2, 0.25) is 0 Å². The second kappa shape index (κ2) is 8.03. The smallest absolute Gasteiger partial charge is 0.249 e. The number of likely N-dealkylation sites (tertiary alicyclic amines) is 1. The van der Waals surface area contributed by atoms with Gasteiger partial charge in [0, 0.05) is 32.0 Å². The fraction of sp³-hybridized carbons (Fsp3) is 0.304. The Morgan fingerprint density at radius 2 is 1.87 bits per heavy atom. The molecule has 160 valence electrons. The number of benzene rings is 1. The van der Waals surface area contributed by atoms with Crippen LogP contribution in [0.5, 0.6) is 5.88 Å². The van der Waals surface area contributed by atoms with Gasteiger partial charge in [-0.1, -0.05) is 35.9 Å². The highest BCUT2D eigenvalue weighted by Crippen LogP contribution is 2.36. The average molecular weight is 437 g/mol. The summed E-state index contributed by atoms with van der Waals surface area (Å²) >= 11 is 0. The van der Waals surface area contributed by atoms with Crippen molar-refractivity contribution in [3.63, 3.8) is 0 Å². The monoisotopic (exact) mass is 436 g/mol. The molecule has 4 heterocycles. The van der Waals surface area contributed by atoms with Crippen LogP contribution in [0.3, 0.4) is 0 Å². The van der Waals surface area contributed by atoms with Gasteiger partial charge in [0.25, 0.3) is 0 Å². The highest BCUT2D eigenvalue weighted by molar-refractivity contribution is 7.89. The van der Waals surface area contributed by atoms with Gasteiger partial charge in [-0.15, -0.1) is 0 Å². The number of nitrogens with zero attached hydrogens (tertiary/aromatic N) is 4. The first-order valence-electron chi connectivity index (χ1n) is 10.3. The van der Waals surface area contributed by atoms with Gasteiger partial charge in [0.2, 0.25) is 15.9 Å². The van der Waals surface area contributed by atoms with Gasteiger partial charge in [-0.2, -0.15) is 4.31 Å². The lowest BCUT2D eigenvalue weighted by Crippen LogP contribution is -2.46.